The Morgan fingerprint density at radius 1 is 1.32 bits per heavy atom. The van der Waals surface area contributed by atoms with E-state index in [1.54, 1.807) is 0 Å². The summed E-state index contributed by atoms with van der Waals surface area (Å²) in [6.45, 7) is 5.93. The molecule has 0 aliphatic carbocycles. The van der Waals surface area contributed by atoms with Crippen LogP contribution in [0.15, 0.2) is 35.7 Å². The lowest BCUT2D eigenvalue weighted by atomic mass is 10.2. The van der Waals surface area contributed by atoms with Crippen LogP contribution >= 0.6 is 11.3 Å². The van der Waals surface area contributed by atoms with Crippen LogP contribution in [0.5, 0.6) is 5.75 Å². The van der Waals surface area contributed by atoms with Crippen molar-refractivity contribution in [1.82, 2.24) is 0 Å². The molecule has 100 valence electrons. The molecule has 2 aromatic rings. The molecular weight excluding hydrogens is 258 g/mol. The summed E-state index contributed by atoms with van der Waals surface area (Å²) in [6, 6.07) is 9.36. The number of thiophene rings is 1. The molecule has 0 aliphatic rings. The third kappa shape index (κ3) is 3.58. The number of nitrogens with one attached hydrogen (secondary N) is 1. The SMILES string of the molecule is Cc1cc(OC(C)C)ccc1NC(=O)c1cccs1. The minimum Gasteiger partial charge on any atom is -0.491 e. The molecule has 1 aromatic carbocycles. The van der Waals surface area contributed by atoms with Crippen LogP contribution in [0.25, 0.3) is 0 Å². The monoisotopic (exact) mass is 275 g/mol. The van der Waals surface area contributed by atoms with Crippen molar-refractivity contribution in [3.8, 4) is 5.75 Å². The van der Waals surface area contributed by atoms with Gasteiger partial charge in [-0.1, -0.05) is 6.07 Å². The second kappa shape index (κ2) is 5.89. The van der Waals surface area contributed by atoms with E-state index in [0.717, 1.165) is 17.0 Å². The van der Waals surface area contributed by atoms with Crippen molar-refractivity contribution in [2.24, 2.45) is 0 Å². The number of aryl methyl sites for hydroxylation is 1. The van der Waals surface area contributed by atoms with Crippen LogP contribution in [0.4, 0.5) is 5.69 Å². The molecule has 4 heteroatoms. The molecule has 0 atom stereocenters. The fraction of sp³-hybridized carbons (Fsp3) is 0.267. The Labute approximate surface area is 117 Å². The average Bonchev–Trinajstić information content (AvgIpc) is 2.85. The Balaban J connectivity index is 2.11. The number of anilines is 1. The second-order valence-electron chi connectivity index (χ2n) is 4.57. The van der Waals surface area contributed by atoms with Gasteiger partial charge in [0.15, 0.2) is 0 Å². The van der Waals surface area contributed by atoms with E-state index in [9.17, 15) is 4.79 Å². The van der Waals surface area contributed by atoms with Crippen LogP contribution in [0.2, 0.25) is 0 Å². The van der Waals surface area contributed by atoms with E-state index in [0.29, 0.717) is 4.88 Å². The third-order valence-electron chi connectivity index (χ3n) is 2.56. The Morgan fingerprint density at radius 2 is 2.11 bits per heavy atom. The Bertz CT molecular complexity index is 562. The predicted octanol–water partition coefficient (Wildman–Crippen LogP) is 4.10. The summed E-state index contributed by atoms with van der Waals surface area (Å²) in [5, 5.41) is 4.80. The fourth-order valence-electron chi connectivity index (χ4n) is 1.71. The van der Waals surface area contributed by atoms with Crippen molar-refractivity contribution in [3.63, 3.8) is 0 Å². The van der Waals surface area contributed by atoms with Gasteiger partial charge >= 0.3 is 0 Å². The van der Waals surface area contributed by atoms with E-state index in [1.807, 2.05) is 56.5 Å². The summed E-state index contributed by atoms with van der Waals surface area (Å²) in [5.41, 5.74) is 1.80. The van der Waals surface area contributed by atoms with Gasteiger partial charge in [0.25, 0.3) is 5.91 Å². The highest BCUT2D eigenvalue weighted by atomic mass is 32.1. The molecule has 1 amide bonds. The van der Waals surface area contributed by atoms with Gasteiger partial charge in [0.2, 0.25) is 0 Å². The number of ether oxygens (including phenoxy) is 1. The Morgan fingerprint density at radius 3 is 2.68 bits per heavy atom. The first-order valence-electron chi connectivity index (χ1n) is 6.18. The summed E-state index contributed by atoms with van der Waals surface area (Å²) >= 11 is 1.43. The molecule has 1 N–H and O–H groups in total. The molecule has 19 heavy (non-hydrogen) atoms. The molecule has 0 aliphatic heterocycles. The summed E-state index contributed by atoms with van der Waals surface area (Å²) < 4.78 is 5.62. The molecule has 0 saturated heterocycles. The van der Waals surface area contributed by atoms with Crippen LogP contribution < -0.4 is 10.1 Å². The van der Waals surface area contributed by atoms with Crippen LogP contribution in [-0.4, -0.2) is 12.0 Å². The van der Waals surface area contributed by atoms with Gasteiger partial charge in [0.05, 0.1) is 11.0 Å². The molecule has 0 bridgehead atoms. The van der Waals surface area contributed by atoms with Gasteiger partial charge in [-0.2, -0.15) is 0 Å². The van der Waals surface area contributed by atoms with E-state index < -0.39 is 0 Å². The van der Waals surface area contributed by atoms with Gasteiger partial charge in [-0.25, -0.2) is 0 Å². The molecule has 0 spiro atoms. The van der Waals surface area contributed by atoms with Crippen molar-refractivity contribution in [1.29, 1.82) is 0 Å². The molecule has 0 saturated carbocycles. The first kappa shape index (κ1) is 13.6. The van der Waals surface area contributed by atoms with E-state index in [2.05, 4.69) is 5.32 Å². The number of rotatable bonds is 4. The zero-order valence-corrected chi connectivity index (χ0v) is 12.1. The van der Waals surface area contributed by atoms with Crippen LogP contribution in [0.1, 0.15) is 29.1 Å². The highest BCUT2D eigenvalue weighted by molar-refractivity contribution is 7.12. The highest BCUT2D eigenvalue weighted by Gasteiger charge is 2.09. The van der Waals surface area contributed by atoms with E-state index >= 15 is 0 Å². The Kier molecular flexibility index (Phi) is 4.22. The zero-order chi connectivity index (χ0) is 13.8. The molecule has 1 aromatic heterocycles. The van der Waals surface area contributed by atoms with Gasteiger partial charge in [-0.3, -0.25) is 4.79 Å². The minimum atomic E-state index is -0.0735. The summed E-state index contributed by atoms with van der Waals surface area (Å²) in [7, 11) is 0. The average molecular weight is 275 g/mol. The number of carbonyl (C=O) groups excluding carboxylic acids is 1. The first-order valence-corrected chi connectivity index (χ1v) is 7.06. The highest BCUT2D eigenvalue weighted by Crippen LogP contribution is 2.23. The maximum Gasteiger partial charge on any atom is 0.265 e. The Hall–Kier alpha value is -1.81. The lowest BCUT2D eigenvalue weighted by molar-refractivity contribution is 0.103. The quantitative estimate of drug-likeness (QED) is 0.912. The second-order valence-corrected chi connectivity index (χ2v) is 5.52. The number of hydrogen-bond acceptors (Lipinski definition) is 3. The van der Waals surface area contributed by atoms with Gasteiger partial charge in [-0.05, 0) is 56.0 Å². The minimum absolute atomic E-state index is 0.0735. The summed E-state index contributed by atoms with van der Waals surface area (Å²) in [4.78, 5) is 12.7. The molecular formula is C15H17NO2S. The number of hydrogen-bond donors (Lipinski definition) is 1. The normalized spacial score (nSPS) is 10.5. The summed E-state index contributed by atoms with van der Waals surface area (Å²) in [6.07, 6.45) is 0.144. The zero-order valence-electron chi connectivity index (χ0n) is 11.3. The maximum absolute atomic E-state index is 12.0. The molecule has 0 radical (unpaired) electrons. The van der Waals surface area contributed by atoms with E-state index in [-0.39, 0.29) is 12.0 Å². The molecule has 2 rings (SSSR count). The van der Waals surface area contributed by atoms with E-state index in [4.69, 9.17) is 4.74 Å². The lowest BCUT2D eigenvalue weighted by Crippen LogP contribution is -2.11. The summed E-state index contributed by atoms with van der Waals surface area (Å²) in [5.74, 6) is 0.747. The standard InChI is InChI=1S/C15H17NO2S/c1-10(2)18-12-6-7-13(11(3)9-12)16-15(17)14-5-4-8-19-14/h4-10H,1-3H3,(H,16,17). The number of benzene rings is 1. The predicted molar refractivity (Wildman–Crippen MR) is 79.2 cm³/mol. The number of carbonyl (C=O) groups is 1. The number of amides is 1. The van der Waals surface area contributed by atoms with Crippen LogP contribution in [-0.2, 0) is 0 Å². The van der Waals surface area contributed by atoms with E-state index in [1.165, 1.54) is 11.3 Å². The van der Waals surface area contributed by atoms with Gasteiger partial charge in [-0.15, -0.1) is 11.3 Å². The van der Waals surface area contributed by atoms with Crippen molar-refractivity contribution in [2.75, 3.05) is 5.32 Å². The van der Waals surface area contributed by atoms with Crippen molar-refractivity contribution in [3.05, 3.63) is 46.2 Å². The van der Waals surface area contributed by atoms with Gasteiger partial charge < -0.3 is 10.1 Å². The maximum atomic E-state index is 12.0. The van der Waals surface area contributed by atoms with Crippen molar-refractivity contribution in [2.45, 2.75) is 26.9 Å². The molecule has 1 heterocycles. The topological polar surface area (TPSA) is 38.3 Å². The van der Waals surface area contributed by atoms with Gasteiger partial charge in [0.1, 0.15) is 5.75 Å². The van der Waals surface area contributed by atoms with Crippen molar-refractivity contribution >= 4 is 22.9 Å². The molecule has 0 unspecified atom stereocenters. The largest absolute Gasteiger partial charge is 0.491 e. The smallest absolute Gasteiger partial charge is 0.265 e. The van der Waals surface area contributed by atoms with Crippen LogP contribution in [0.3, 0.4) is 0 Å². The first-order chi connectivity index (χ1) is 9.06. The molecule has 3 nitrogen and oxygen atoms in total. The fourth-order valence-corrected chi connectivity index (χ4v) is 2.33. The third-order valence-corrected chi connectivity index (χ3v) is 3.43. The van der Waals surface area contributed by atoms with Crippen LogP contribution in [0, 0.1) is 6.92 Å². The van der Waals surface area contributed by atoms with Gasteiger partial charge in [0, 0.05) is 5.69 Å². The lowest BCUT2D eigenvalue weighted by Gasteiger charge is -2.13. The van der Waals surface area contributed by atoms with Crippen molar-refractivity contribution < 1.29 is 9.53 Å². The molecule has 0 fully saturated rings.